The Bertz CT molecular complexity index is 3860. The van der Waals surface area contributed by atoms with Crippen molar-refractivity contribution in [3.05, 3.63) is 316 Å². The molecule has 0 saturated heterocycles. The fourth-order valence-electron chi connectivity index (χ4n) is 13.3. The van der Waals surface area contributed by atoms with Gasteiger partial charge in [-0.25, -0.2) is 0 Å². The van der Waals surface area contributed by atoms with Crippen molar-refractivity contribution in [3.63, 3.8) is 0 Å². The monoisotopic (exact) mass is 891 g/mol. The van der Waals surface area contributed by atoms with E-state index in [0.29, 0.717) is 0 Å². The molecule has 14 rings (SSSR count). The maximum absolute atomic E-state index is 2.55. The lowest BCUT2D eigenvalue weighted by atomic mass is 9.51. The van der Waals surface area contributed by atoms with Gasteiger partial charge in [-0.15, -0.1) is 0 Å². The molecular weight excluding hydrogens is 843 g/mol. The predicted molar refractivity (Wildman–Crippen MR) is 291 cm³/mol. The fraction of sp³-hybridized carbons (Fsp3) is 0.0725. The molecule has 0 fully saturated rings. The molecule has 3 aliphatic rings. The Morgan fingerprint density at radius 1 is 0.300 bits per heavy atom. The van der Waals surface area contributed by atoms with E-state index in [-0.39, 0.29) is 5.41 Å². The molecule has 11 aromatic carbocycles. The van der Waals surface area contributed by atoms with Crippen LogP contribution in [-0.4, -0.2) is 0 Å². The standard InChI is InChI=1S/C69H49N/c1-67(2)58-32-13-11-28-54(58)56-44-43-51(45-64(56)67)70(50-41-39-47(40-42-50)53-30-19-22-46-21-9-10-27-52(46)53)65-38-18-17-36-62(65)68(48-23-5-3-6-24-48)60-34-15-16-35-61(60)69(49-25-7-4-8-26-49)59-33-14-12-29-55(59)57-31-20-37-63(68)66(57)69/h3-45H,1-2H3. The summed E-state index contributed by atoms with van der Waals surface area (Å²) in [4.78, 5) is 2.55. The van der Waals surface area contributed by atoms with Crippen molar-refractivity contribution in [2.45, 2.75) is 30.1 Å². The number of nitrogens with zero attached hydrogens (tertiary/aromatic N) is 1. The maximum atomic E-state index is 2.55. The van der Waals surface area contributed by atoms with E-state index in [4.69, 9.17) is 0 Å². The molecule has 0 N–H and O–H groups in total. The first-order valence-corrected chi connectivity index (χ1v) is 24.7. The van der Waals surface area contributed by atoms with Crippen molar-refractivity contribution >= 4 is 27.8 Å². The second-order valence-corrected chi connectivity index (χ2v) is 19.9. The molecule has 0 radical (unpaired) electrons. The minimum atomic E-state index is -0.743. The Labute approximate surface area is 410 Å². The van der Waals surface area contributed by atoms with Gasteiger partial charge in [-0.1, -0.05) is 244 Å². The highest BCUT2D eigenvalue weighted by Crippen LogP contribution is 2.67. The maximum Gasteiger partial charge on any atom is 0.0728 e. The zero-order valence-corrected chi connectivity index (χ0v) is 39.3. The Morgan fingerprint density at radius 2 is 0.786 bits per heavy atom. The molecule has 0 amide bonds. The lowest BCUT2D eigenvalue weighted by molar-refractivity contribution is 0.627. The number of hydrogen-bond acceptors (Lipinski definition) is 1. The molecule has 11 aromatic rings. The lowest BCUT2D eigenvalue weighted by Crippen LogP contribution is -2.44. The highest BCUT2D eigenvalue weighted by molar-refractivity contribution is 5.98. The third-order valence-corrected chi connectivity index (χ3v) is 16.2. The summed E-state index contributed by atoms with van der Waals surface area (Å²) in [6.07, 6.45) is 0. The molecular formula is C69H49N. The van der Waals surface area contributed by atoms with Crippen LogP contribution < -0.4 is 4.90 Å². The average Bonchev–Trinajstić information content (AvgIpc) is 3.86. The highest BCUT2D eigenvalue weighted by atomic mass is 15.1. The minimum Gasteiger partial charge on any atom is -0.310 e. The topological polar surface area (TPSA) is 3.24 Å². The van der Waals surface area contributed by atoms with Crippen LogP contribution in [0.25, 0.3) is 44.2 Å². The number of fused-ring (bicyclic) bond motifs is 9. The zero-order valence-electron chi connectivity index (χ0n) is 39.3. The van der Waals surface area contributed by atoms with Gasteiger partial charge in [-0.3, -0.25) is 0 Å². The molecule has 330 valence electrons. The first-order chi connectivity index (χ1) is 34.5. The van der Waals surface area contributed by atoms with Crippen LogP contribution in [0.2, 0.25) is 0 Å². The molecule has 0 aliphatic heterocycles. The fourth-order valence-corrected chi connectivity index (χ4v) is 13.3. The summed E-state index contributed by atoms with van der Waals surface area (Å²) in [5.41, 5.74) is 22.6. The van der Waals surface area contributed by atoms with Gasteiger partial charge in [0.1, 0.15) is 0 Å². The van der Waals surface area contributed by atoms with Crippen LogP contribution in [0.15, 0.2) is 261 Å². The van der Waals surface area contributed by atoms with E-state index in [1.54, 1.807) is 0 Å². The van der Waals surface area contributed by atoms with Gasteiger partial charge >= 0.3 is 0 Å². The summed E-state index contributed by atoms with van der Waals surface area (Å²) >= 11 is 0. The summed E-state index contributed by atoms with van der Waals surface area (Å²) in [5.74, 6) is 0. The summed E-state index contributed by atoms with van der Waals surface area (Å²) in [5, 5.41) is 2.50. The van der Waals surface area contributed by atoms with Crippen LogP contribution in [0.1, 0.15) is 69.5 Å². The molecule has 3 aliphatic carbocycles. The Hall–Kier alpha value is -8.52. The van der Waals surface area contributed by atoms with Crippen molar-refractivity contribution in [2.24, 2.45) is 0 Å². The zero-order chi connectivity index (χ0) is 46.6. The molecule has 2 atom stereocenters. The molecule has 1 heteroatoms. The lowest BCUT2D eigenvalue weighted by Gasteiger charge is -2.50. The summed E-state index contributed by atoms with van der Waals surface area (Å²) < 4.78 is 0. The van der Waals surface area contributed by atoms with Crippen molar-refractivity contribution in [1.29, 1.82) is 0 Å². The van der Waals surface area contributed by atoms with E-state index in [2.05, 4.69) is 280 Å². The van der Waals surface area contributed by atoms with Gasteiger partial charge in [0.25, 0.3) is 0 Å². The minimum absolute atomic E-state index is 0.181. The quantitative estimate of drug-likeness (QED) is 0.154. The van der Waals surface area contributed by atoms with Crippen LogP contribution >= 0.6 is 0 Å². The van der Waals surface area contributed by atoms with E-state index in [9.17, 15) is 0 Å². The number of rotatable bonds is 7. The Morgan fingerprint density at radius 3 is 1.53 bits per heavy atom. The van der Waals surface area contributed by atoms with E-state index < -0.39 is 10.8 Å². The van der Waals surface area contributed by atoms with Gasteiger partial charge in [0.15, 0.2) is 0 Å². The summed E-state index contributed by atoms with van der Waals surface area (Å²) in [7, 11) is 0. The van der Waals surface area contributed by atoms with Crippen LogP contribution in [0.3, 0.4) is 0 Å². The van der Waals surface area contributed by atoms with Crippen molar-refractivity contribution in [2.75, 3.05) is 4.90 Å². The Kier molecular flexibility index (Phi) is 8.83. The summed E-state index contributed by atoms with van der Waals surface area (Å²) in [6, 6.07) is 98.3. The predicted octanol–water partition coefficient (Wildman–Crippen LogP) is 17.3. The van der Waals surface area contributed by atoms with Gasteiger partial charge < -0.3 is 4.90 Å². The van der Waals surface area contributed by atoms with E-state index in [0.717, 1.165) is 17.1 Å². The van der Waals surface area contributed by atoms with Crippen molar-refractivity contribution < 1.29 is 0 Å². The molecule has 0 spiro atoms. The molecule has 1 nitrogen and oxygen atoms in total. The third kappa shape index (κ3) is 5.43. The summed E-state index contributed by atoms with van der Waals surface area (Å²) in [6.45, 7) is 4.77. The second-order valence-electron chi connectivity index (χ2n) is 19.9. The molecule has 0 aromatic heterocycles. The first-order valence-electron chi connectivity index (χ1n) is 24.7. The number of para-hydroxylation sites is 1. The average molecular weight is 892 g/mol. The number of anilines is 3. The Balaban J connectivity index is 1.08. The van der Waals surface area contributed by atoms with Crippen LogP contribution in [0, 0.1) is 0 Å². The van der Waals surface area contributed by atoms with Crippen LogP contribution in [0.5, 0.6) is 0 Å². The highest BCUT2D eigenvalue weighted by Gasteiger charge is 2.58. The van der Waals surface area contributed by atoms with Gasteiger partial charge in [-0.2, -0.15) is 0 Å². The molecule has 0 heterocycles. The van der Waals surface area contributed by atoms with E-state index in [1.807, 2.05) is 0 Å². The van der Waals surface area contributed by atoms with Gasteiger partial charge in [0, 0.05) is 16.8 Å². The molecule has 0 bridgehead atoms. The molecule has 2 unspecified atom stereocenters. The molecule has 0 saturated carbocycles. The van der Waals surface area contributed by atoms with Crippen molar-refractivity contribution in [3.8, 4) is 33.4 Å². The SMILES string of the molecule is CC1(C)c2ccccc2-c2ccc(N(c3ccc(-c4cccc5ccccc45)cc3)c3ccccc3C3(c4ccccc4)c4ccccc4C4(c5ccccc5)c5ccccc5-c5cccc3c54)cc21. The van der Waals surface area contributed by atoms with Gasteiger partial charge in [0.2, 0.25) is 0 Å². The molecule has 70 heavy (non-hydrogen) atoms. The van der Waals surface area contributed by atoms with Crippen molar-refractivity contribution in [1.82, 2.24) is 0 Å². The van der Waals surface area contributed by atoms with Crippen LogP contribution in [0.4, 0.5) is 17.1 Å². The number of hydrogen-bond donors (Lipinski definition) is 0. The second kappa shape index (κ2) is 15.2. The van der Waals surface area contributed by atoms with Crippen LogP contribution in [-0.2, 0) is 16.2 Å². The van der Waals surface area contributed by atoms with Gasteiger partial charge in [0.05, 0.1) is 16.5 Å². The normalized spacial score (nSPS) is 17.5. The van der Waals surface area contributed by atoms with E-state index >= 15 is 0 Å². The van der Waals surface area contributed by atoms with E-state index in [1.165, 1.54) is 99.8 Å². The van der Waals surface area contributed by atoms with Gasteiger partial charge in [-0.05, 0) is 130 Å². The first kappa shape index (κ1) is 40.5. The largest absolute Gasteiger partial charge is 0.310 e. The smallest absolute Gasteiger partial charge is 0.0728 e. The third-order valence-electron chi connectivity index (χ3n) is 16.2. The number of benzene rings is 11.